The number of aryl methyl sites for hydroxylation is 2. The Labute approximate surface area is 213 Å². The fraction of sp³-hybridized carbons (Fsp3) is 0.458. The molecule has 0 spiro atoms. The number of benzene rings is 2. The molecule has 0 N–H and O–H groups in total. The molecule has 0 radical (unpaired) electrons. The number of hydrogen-bond donors (Lipinski definition) is 0. The van der Waals surface area contributed by atoms with Gasteiger partial charge in [0.05, 0.1) is 0 Å². The van der Waals surface area contributed by atoms with Crippen LogP contribution in [0.15, 0.2) is 30.3 Å². The van der Waals surface area contributed by atoms with E-state index in [4.69, 9.17) is 4.74 Å². The van der Waals surface area contributed by atoms with Crippen LogP contribution in [0.3, 0.4) is 0 Å². The predicted octanol–water partition coefficient (Wildman–Crippen LogP) is 7.74. The highest BCUT2D eigenvalue weighted by Gasteiger charge is 2.73. The summed E-state index contributed by atoms with van der Waals surface area (Å²) in [6.45, 7) is 2.27. The van der Waals surface area contributed by atoms with Crippen molar-refractivity contribution in [2.45, 2.75) is 57.5 Å². The van der Waals surface area contributed by atoms with Gasteiger partial charge in [0, 0.05) is 21.8 Å². The van der Waals surface area contributed by atoms with E-state index in [0.29, 0.717) is 28.3 Å². The molecule has 0 amide bonds. The lowest BCUT2D eigenvalue weighted by atomic mass is 9.87. The Morgan fingerprint density at radius 2 is 1.46 bits per heavy atom. The number of alkyl halides is 6. The van der Waals surface area contributed by atoms with E-state index < -0.39 is 30.3 Å². The fourth-order valence-electron chi connectivity index (χ4n) is 3.67. The number of methoxy groups -OCH3 is 1. The van der Waals surface area contributed by atoms with E-state index in [0.717, 1.165) is 19.2 Å². The Morgan fingerprint density at radius 3 is 1.89 bits per heavy atom. The molecule has 0 saturated heterocycles. The van der Waals surface area contributed by atoms with E-state index in [-0.39, 0.29) is 35.5 Å². The maximum absolute atomic E-state index is 14.1. The molecular weight excluding hydrogens is 593 g/mol. The second-order valence-corrected chi connectivity index (χ2v) is 8.92. The molecule has 0 aromatic heterocycles. The van der Waals surface area contributed by atoms with Crippen LogP contribution in [-0.2, 0) is 27.9 Å². The molecule has 0 aliphatic rings. The van der Waals surface area contributed by atoms with Crippen molar-refractivity contribution in [2.75, 3.05) is 13.9 Å². The molecule has 0 atom stereocenters. The summed E-state index contributed by atoms with van der Waals surface area (Å²) in [5.74, 6) is 0.406. The van der Waals surface area contributed by atoms with Gasteiger partial charge >= 0.3 is 12.4 Å². The molecule has 0 aliphatic heterocycles. The zero-order valence-electron chi connectivity index (χ0n) is 19.3. The first-order valence-electron chi connectivity index (χ1n) is 10.7. The molecule has 2 rings (SSSR count). The zero-order chi connectivity index (χ0) is 26.4. The van der Waals surface area contributed by atoms with Gasteiger partial charge < -0.3 is 14.2 Å². The van der Waals surface area contributed by atoms with Crippen LogP contribution in [-0.4, -0.2) is 32.5 Å². The molecule has 0 unspecified atom stereocenters. The van der Waals surface area contributed by atoms with Crippen molar-refractivity contribution in [1.82, 2.24) is 0 Å². The molecule has 0 bridgehead atoms. The molecule has 0 heterocycles. The molecule has 35 heavy (non-hydrogen) atoms. The first-order chi connectivity index (χ1) is 16.4. The van der Waals surface area contributed by atoms with Crippen LogP contribution in [0.25, 0.3) is 0 Å². The van der Waals surface area contributed by atoms with Gasteiger partial charge in [-0.05, 0) is 76.9 Å². The number of rotatable bonds is 11. The molecule has 194 valence electrons. The molecule has 0 aliphatic carbocycles. The quantitative estimate of drug-likeness (QED) is 0.112. The van der Waals surface area contributed by atoms with E-state index >= 15 is 0 Å². The summed E-state index contributed by atoms with van der Waals surface area (Å²) in [6.07, 6.45) is -9.85. The summed E-state index contributed by atoms with van der Waals surface area (Å²) in [4.78, 5) is 11.3. The van der Waals surface area contributed by atoms with E-state index in [2.05, 4.69) is 9.47 Å². The number of hydrogen-bond acceptors (Lipinski definition) is 4. The largest absolute Gasteiger partial charge is 0.457 e. The summed E-state index contributed by atoms with van der Waals surface area (Å²) >= 11 is 1.96. The van der Waals surface area contributed by atoms with Gasteiger partial charge in [-0.3, -0.25) is 4.79 Å². The van der Waals surface area contributed by atoms with Crippen LogP contribution in [0.4, 0.5) is 26.3 Å². The smallest absolute Gasteiger partial charge is 0.430 e. The number of carbonyl (C=O) groups is 1. The van der Waals surface area contributed by atoms with Gasteiger partial charge in [0.25, 0.3) is 5.60 Å². The van der Waals surface area contributed by atoms with E-state index in [1.165, 1.54) is 6.07 Å². The van der Waals surface area contributed by atoms with E-state index in [1.807, 2.05) is 22.6 Å². The Bertz CT molecular complexity index is 979. The van der Waals surface area contributed by atoms with Crippen molar-refractivity contribution < 1.29 is 45.3 Å². The second-order valence-electron chi connectivity index (χ2n) is 7.75. The molecule has 0 fully saturated rings. The lowest BCUT2D eigenvalue weighted by Crippen LogP contribution is -2.56. The summed E-state index contributed by atoms with van der Waals surface area (Å²) in [6, 6.07) is 6.34. The lowest BCUT2D eigenvalue weighted by Gasteiger charge is -2.37. The number of halogens is 7. The number of ether oxygens (including phenoxy) is 3. The molecule has 2 aromatic carbocycles. The third-order valence-electron chi connectivity index (χ3n) is 5.19. The highest BCUT2D eigenvalue weighted by atomic mass is 127. The van der Waals surface area contributed by atoms with Crippen LogP contribution in [0.2, 0.25) is 0 Å². The number of carbonyl (C=O) groups excluding carboxylic acids is 1. The first-order valence-corrected chi connectivity index (χ1v) is 11.8. The Morgan fingerprint density at radius 1 is 0.914 bits per heavy atom. The second kappa shape index (κ2) is 11.9. The van der Waals surface area contributed by atoms with Crippen LogP contribution in [0, 0.1) is 3.57 Å². The first kappa shape index (κ1) is 29.4. The third-order valence-corrected chi connectivity index (χ3v) is 6.18. The molecular formula is C24H25F6IO4. The third kappa shape index (κ3) is 6.29. The van der Waals surface area contributed by atoms with Crippen molar-refractivity contribution in [3.05, 3.63) is 56.2 Å². The van der Waals surface area contributed by atoms with Gasteiger partial charge in [-0.1, -0.05) is 26.7 Å². The van der Waals surface area contributed by atoms with E-state index in [1.54, 1.807) is 26.0 Å². The Kier molecular flexibility index (Phi) is 10.0. The standard InChI is InChI=1S/C24H25F6IO4/c1-4-6-15-10-18(22(23(25,26)27,24(28,29)30)34-14-33-3)11-16(7-5-2)21(15)35-19-8-9-20(31)17(12-19)13-32/h8-13H,4-7,14H2,1-3H3. The highest BCUT2D eigenvalue weighted by Crippen LogP contribution is 2.54. The molecule has 2 aromatic rings. The van der Waals surface area contributed by atoms with Crippen molar-refractivity contribution in [3.63, 3.8) is 0 Å². The average Bonchev–Trinajstić information content (AvgIpc) is 2.76. The highest BCUT2D eigenvalue weighted by molar-refractivity contribution is 14.1. The maximum Gasteiger partial charge on any atom is 0.430 e. The van der Waals surface area contributed by atoms with Crippen molar-refractivity contribution in [2.24, 2.45) is 0 Å². The average molecular weight is 618 g/mol. The maximum atomic E-state index is 14.1. The van der Waals surface area contributed by atoms with E-state index in [9.17, 15) is 31.1 Å². The van der Waals surface area contributed by atoms with Crippen LogP contribution < -0.4 is 4.74 Å². The lowest BCUT2D eigenvalue weighted by molar-refractivity contribution is -0.400. The zero-order valence-corrected chi connectivity index (χ0v) is 21.4. The fourth-order valence-corrected chi connectivity index (χ4v) is 4.14. The minimum Gasteiger partial charge on any atom is -0.457 e. The van der Waals surface area contributed by atoms with Crippen LogP contribution >= 0.6 is 22.6 Å². The SMILES string of the molecule is CCCc1cc(C(OCOC)(C(F)(F)F)C(F)(F)F)cc(CCC)c1Oc1ccc(I)c(C=O)c1. The van der Waals surface area contributed by atoms with Crippen LogP contribution in [0.1, 0.15) is 53.7 Å². The molecule has 11 heteroatoms. The van der Waals surface area contributed by atoms with Gasteiger partial charge in [0.2, 0.25) is 0 Å². The summed E-state index contributed by atoms with van der Waals surface area (Å²) in [5.41, 5.74) is -5.01. The van der Waals surface area contributed by atoms with Crippen molar-refractivity contribution >= 4 is 28.9 Å². The van der Waals surface area contributed by atoms with Gasteiger partial charge in [-0.2, -0.15) is 26.3 Å². The summed E-state index contributed by atoms with van der Waals surface area (Å²) in [5, 5.41) is 0. The Hall–Kier alpha value is -1.86. The minimum absolute atomic E-state index is 0.154. The van der Waals surface area contributed by atoms with Gasteiger partial charge in [-0.15, -0.1) is 0 Å². The summed E-state index contributed by atoms with van der Waals surface area (Å²) in [7, 11) is 0.939. The Balaban J connectivity index is 2.82. The number of aldehydes is 1. The normalized spacial score (nSPS) is 12.6. The topological polar surface area (TPSA) is 44.8 Å². The van der Waals surface area contributed by atoms with Gasteiger partial charge in [0.1, 0.15) is 18.3 Å². The van der Waals surface area contributed by atoms with Crippen molar-refractivity contribution in [3.8, 4) is 11.5 Å². The van der Waals surface area contributed by atoms with Gasteiger partial charge in [-0.25, -0.2) is 0 Å². The molecule has 4 nitrogen and oxygen atoms in total. The minimum atomic E-state index is -5.83. The van der Waals surface area contributed by atoms with Crippen molar-refractivity contribution in [1.29, 1.82) is 0 Å². The summed E-state index contributed by atoms with van der Waals surface area (Å²) < 4.78 is 100. The molecule has 0 saturated carbocycles. The van der Waals surface area contributed by atoms with Crippen LogP contribution in [0.5, 0.6) is 11.5 Å². The monoisotopic (exact) mass is 618 g/mol. The van der Waals surface area contributed by atoms with Gasteiger partial charge in [0.15, 0.2) is 6.29 Å². The predicted molar refractivity (Wildman–Crippen MR) is 126 cm³/mol.